The van der Waals surface area contributed by atoms with Crippen LogP contribution in [0.15, 0.2) is 18.2 Å². The number of thioether (sulfide) groups is 1. The van der Waals surface area contributed by atoms with Crippen molar-refractivity contribution in [2.75, 3.05) is 18.1 Å². The van der Waals surface area contributed by atoms with E-state index in [-0.39, 0.29) is 0 Å². The van der Waals surface area contributed by atoms with E-state index in [1.54, 1.807) is 0 Å². The summed E-state index contributed by atoms with van der Waals surface area (Å²) in [5.74, 6) is 0. The predicted molar refractivity (Wildman–Crippen MR) is 94.9 cm³/mol. The van der Waals surface area contributed by atoms with E-state index < -0.39 is 0 Å². The molecule has 0 atom stereocenters. The molecule has 1 aliphatic rings. The Balaban J connectivity index is 2.03. The summed E-state index contributed by atoms with van der Waals surface area (Å²) < 4.78 is 0.411. The van der Waals surface area contributed by atoms with Gasteiger partial charge in [0.25, 0.3) is 0 Å². The second kappa shape index (κ2) is 6.81. The molecule has 1 fully saturated rings. The first-order valence-corrected chi connectivity index (χ1v) is 8.89. The van der Waals surface area contributed by atoms with Gasteiger partial charge in [-0.2, -0.15) is 11.8 Å². The monoisotopic (exact) mass is 308 g/mol. The summed E-state index contributed by atoms with van der Waals surface area (Å²) >= 11 is 7.07. The molecule has 4 heteroatoms. The molecule has 0 unspecified atom stereocenters. The Hall–Kier alpha value is -0.740. The van der Waals surface area contributed by atoms with Crippen LogP contribution in [0.1, 0.15) is 43.2 Å². The zero-order valence-corrected chi connectivity index (χ0v) is 14.0. The van der Waals surface area contributed by atoms with Crippen molar-refractivity contribution in [2.24, 2.45) is 5.73 Å². The summed E-state index contributed by atoms with van der Waals surface area (Å²) in [5, 5.41) is 3.61. The fraction of sp³-hybridized carbons (Fsp3) is 0.562. The van der Waals surface area contributed by atoms with Crippen molar-refractivity contribution in [1.29, 1.82) is 0 Å². The minimum atomic E-state index is 0.411. The van der Waals surface area contributed by atoms with E-state index in [4.69, 9.17) is 18.0 Å². The summed E-state index contributed by atoms with van der Waals surface area (Å²) in [6, 6.07) is 6.25. The van der Waals surface area contributed by atoms with Crippen molar-refractivity contribution in [3.63, 3.8) is 0 Å². The van der Waals surface area contributed by atoms with Crippen LogP contribution in [0, 0.1) is 6.92 Å². The Morgan fingerprint density at radius 3 is 2.60 bits per heavy atom. The van der Waals surface area contributed by atoms with Gasteiger partial charge in [-0.25, -0.2) is 0 Å². The molecule has 3 N–H and O–H groups in total. The largest absolute Gasteiger partial charge is 0.389 e. The molecule has 0 aliphatic heterocycles. The number of aryl methyl sites for hydroxylation is 1. The zero-order valence-electron chi connectivity index (χ0n) is 12.4. The van der Waals surface area contributed by atoms with Gasteiger partial charge in [-0.3, -0.25) is 0 Å². The van der Waals surface area contributed by atoms with Crippen LogP contribution >= 0.6 is 24.0 Å². The van der Waals surface area contributed by atoms with E-state index in [2.05, 4.69) is 30.6 Å². The van der Waals surface area contributed by atoms with E-state index in [1.807, 2.05) is 17.8 Å². The van der Waals surface area contributed by atoms with Gasteiger partial charge in [0, 0.05) is 22.5 Å². The Labute approximate surface area is 131 Å². The van der Waals surface area contributed by atoms with Crippen molar-refractivity contribution in [3.05, 3.63) is 29.3 Å². The van der Waals surface area contributed by atoms with Crippen molar-refractivity contribution in [1.82, 2.24) is 0 Å². The molecule has 0 amide bonds. The van der Waals surface area contributed by atoms with Gasteiger partial charge < -0.3 is 11.1 Å². The van der Waals surface area contributed by atoms with Gasteiger partial charge in [0.1, 0.15) is 4.99 Å². The Morgan fingerprint density at radius 2 is 2.05 bits per heavy atom. The maximum absolute atomic E-state index is 5.71. The lowest BCUT2D eigenvalue weighted by Crippen LogP contribution is -2.35. The summed E-state index contributed by atoms with van der Waals surface area (Å²) in [4.78, 5) is 0.474. The maximum atomic E-state index is 5.71. The molecule has 20 heavy (non-hydrogen) atoms. The van der Waals surface area contributed by atoms with Crippen molar-refractivity contribution in [3.8, 4) is 0 Å². The normalized spacial score (nSPS) is 17.7. The second-order valence-corrected chi connectivity index (χ2v) is 7.41. The van der Waals surface area contributed by atoms with Crippen molar-refractivity contribution in [2.45, 2.75) is 43.8 Å². The molecule has 2 rings (SSSR count). The molecule has 0 radical (unpaired) electrons. The number of nitrogens with one attached hydrogen (secondary N) is 1. The molecule has 0 aromatic heterocycles. The fourth-order valence-corrected chi connectivity index (χ4v) is 4.10. The smallest absolute Gasteiger partial charge is 0.104 e. The molecule has 1 aromatic rings. The zero-order chi connectivity index (χ0) is 14.6. The van der Waals surface area contributed by atoms with Crippen LogP contribution in [-0.4, -0.2) is 22.5 Å². The average Bonchev–Trinajstić information content (AvgIpc) is 2.46. The third-order valence-electron chi connectivity index (χ3n) is 4.30. The first-order valence-electron chi connectivity index (χ1n) is 7.26. The summed E-state index contributed by atoms with van der Waals surface area (Å²) in [6.45, 7) is 3.10. The van der Waals surface area contributed by atoms with E-state index in [0.29, 0.717) is 9.74 Å². The molecular weight excluding hydrogens is 284 g/mol. The number of benzene rings is 1. The van der Waals surface area contributed by atoms with Gasteiger partial charge in [-0.05, 0) is 49.8 Å². The Bertz CT molecular complexity index is 479. The van der Waals surface area contributed by atoms with E-state index in [1.165, 1.54) is 37.8 Å². The number of hydrogen-bond acceptors (Lipinski definition) is 3. The number of hydrogen-bond donors (Lipinski definition) is 2. The van der Waals surface area contributed by atoms with Crippen LogP contribution in [0.4, 0.5) is 5.69 Å². The van der Waals surface area contributed by atoms with Crippen LogP contribution in [0.5, 0.6) is 0 Å². The van der Waals surface area contributed by atoms with Crippen LogP contribution in [-0.2, 0) is 0 Å². The van der Waals surface area contributed by atoms with Gasteiger partial charge in [-0.1, -0.05) is 31.5 Å². The first-order chi connectivity index (χ1) is 9.56. The standard InChI is InChI=1S/C16H24N2S2/c1-12-10-13(6-7-14(12)15(17)19)18-11-16(20-2)8-4-3-5-9-16/h6-7,10,18H,3-5,8-9,11H2,1-2H3,(H2,17,19). The lowest BCUT2D eigenvalue weighted by atomic mass is 9.88. The van der Waals surface area contributed by atoms with Gasteiger partial charge in [0.05, 0.1) is 0 Å². The summed E-state index contributed by atoms with van der Waals surface area (Å²) in [7, 11) is 0. The van der Waals surface area contributed by atoms with Crippen LogP contribution in [0.25, 0.3) is 0 Å². The predicted octanol–water partition coefficient (Wildman–Crippen LogP) is 4.11. The van der Waals surface area contributed by atoms with Crippen molar-refractivity contribution >= 4 is 34.7 Å². The van der Waals surface area contributed by atoms with Gasteiger partial charge >= 0.3 is 0 Å². The fourth-order valence-electron chi connectivity index (χ4n) is 2.96. The number of anilines is 1. The highest BCUT2D eigenvalue weighted by Gasteiger charge is 2.30. The minimum absolute atomic E-state index is 0.411. The molecule has 1 aliphatic carbocycles. The molecular formula is C16H24N2S2. The first kappa shape index (κ1) is 15.6. The topological polar surface area (TPSA) is 38.0 Å². The Kier molecular flexibility index (Phi) is 5.33. The molecule has 110 valence electrons. The van der Waals surface area contributed by atoms with E-state index in [9.17, 15) is 0 Å². The quantitative estimate of drug-likeness (QED) is 0.803. The number of rotatable bonds is 5. The highest BCUT2D eigenvalue weighted by molar-refractivity contribution is 8.00. The van der Waals surface area contributed by atoms with Crippen LogP contribution < -0.4 is 11.1 Å². The summed E-state index contributed by atoms with van der Waals surface area (Å²) in [6.07, 6.45) is 9.01. The number of nitrogens with two attached hydrogens (primary N) is 1. The molecule has 0 bridgehead atoms. The Morgan fingerprint density at radius 1 is 1.35 bits per heavy atom. The average molecular weight is 309 g/mol. The van der Waals surface area contributed by atoms with E-state index in [0.717, 1.165) is 17.7 Å². The summed E-state index contributed by atoms with van der Waals surface area (Å²) in [5.41, 5.74) is 8.99. The molecule has 1 aromatic carbocycles. The molecule has 1 saturated carbocycles. The van der Waals surface area contributed by atoms with Crippen molar-refractivity contribution < 1.29 is 0 Å². The van der Waals surface area contributed by atoms with E-state index >= 15 is 0 Å². The third kappa shape index (κ3) is 3.67. The lowest BCUT2D eigenvalue weighted by Gasteiger charge is -2.36. The maximum Gasteiger partial charge on any atom is 0.104 e. The van der Waals surface area contributed by atoms with Crippen LogP contribution in [0.2, 0.25) is 0 Å². The highest BCUT2D eigenvalue weighted by Crippen LogP contribution is 2.38. The van der Waals surface area contributed by atoms with Crippen LogP contribution in [0.3, 0.4) is 0 Å². The number of thiocarbonyl (C=S) groups is 1. The second-order valence-electron chi connectivity index (χ2n) is 5.70. The highest BCUT2D eigenvalue weighted by atomic mass is 32.2. The SMILES string of the molecule is CSC1(CNc2ccc(C(N)=S)c(C)c2)CCCCC1. The molecule has 2 nitrogen and oxygen atoms in total. The molecule has 0 heterocycles. The van der Waals surface area contributed by atoms with Gasteiger partial charge in [-0.15, -0.1) is 0 Å². The minimum Gasteiger partial charge on any atom is -0.389 e. The van der Waals surface area contributed by atoms with Gasteiger partial charge in [0.2, 0.25) is 0 Å². The van der Waals surface area contributed by atoms with Gasteiger partial charge in [0.15, 0.2) is 0 Å². The lowest BCUT2D eigenvalue weighted by molar-refractivity contribution is 0.411. The molecule has 0 spiro atoms. The molecule has 0 saturated heterocycles. The third-order valence-corrected chi connectivity index (χ3v) is 5.94.